The summed E-state index contributed by atoms with van der Waals surface area (Å²) in [7, 11) is 2.88. The van der Waals surface area contributed by atoms with Gasteiger partial charge in [0.1, 0.15) is 22.8 Å². The lowest BCUT2D eigenvalue weighted by Crippen LogP contribution is -2.70. The summed E-state index contributed by atoms with van der Waals surface area (Å²) in [6.07, 6.45) is -1.69. The summed E-state index contributed by atoms with van der Waals surface area (Å²) in [5.74, 6) is -8.78. The van der Waals surface area contributed by atoms with E-state index in [-0.39, 0.29) is 22.4 Å². The Hall–Kier alpha value is -3.47. The van der Waals surface area contributed by atoms with Crippen LogP contribution in [-0.4, -0.2) is 79.7 Å². The molecular formula is C22H22N2O8. The maximum Gasteiger partial charge on any atom is 0.255 e. The zero-order valence-corrected chi connectivity index (χ0v) is 17.2. The Bertz CT molecular complexity index is 1180. The van der Waals surface area contributed by atoms with Crippen molar-refractivity contribution in [3.05, 3.63) is 52.8 Å². The number of amides is 1. The van der Waals surface area contributed by atoms with Crippen molar-refractivity contribution < 1.29 is 39.9 Å². The Balaban J connectivity index is 2.08. The number of aromatic hydroxyl groups is 1. The van der Waals surface area contributed by atoms with Gasteiger partial charge in [-0.05, 0) is 31.3 Å². The van der Waals surface area contributed by atoms with E-state index in [0.29, 0.717) is 0 Å². The van der Waals surface area contributed by atoms with E-state index in [0.717, 1.165) is 0 Å². The SMILES string of the molecule is C=C1c2cccc(O)c2C(O)=C2C(=O)C3(O)C(O)=C(C(N)=O)C(=O)[C@@H](N(C)C)C3C(O)C12. The average Bonchev–Trinajstić information content (AvgIpc) is 2.70. The van der Waals surface area contributed by atoms with Gasteiger partial charge in [0.25, 0.3) is 5.91 Å². The quantitative estimate of drug-likeness (QED) is 0.326. The van der Waals surface area contributed by atoms with Gasteiger partial charge in [0, 0.05) is 5.92 Å². The van der Waals surface area contributed by atoms with Crippen LogP contribution in [0.2, 0.25) is 0 Å². The third-order valence-electron chi connectivity index (χ3n) is 6.61. The molecule has 0 spiro atoms. The van der Waals surface area contributed by atoms with Crippen molar-refractivity contribution in [3.8, 4) is 5.75 Å². The second-order valence-electron chi connectivity index (χ2n) is 8.44. The van der Waals surface area contributed by atoms with Crippen LogP contribution >= 0.6 is 0 Å². The molecule has 5 atom stereocenters. The zero-order valence-electron chi connectivity index (χ0n) is 17.2. The molecule has 1 saturated carbocycles. The second-order valence-corrected chi connectivity index (χ2v) is 8.44. The molecular weight excluding hydrogens is 420 g/mol. The van der Waals surface area contributed by atoms with Gasteiger partial charge in [-0.3, -0.25) is 19.3 Å². The number of primary amides is 1. The summed E-state index contributed by atoms with van der Waals surface area (Å²) < 4.78 is 0. The van der Waals surface area contributed by atoms with Crippen LogP contribution in [-0.2, 0) is 14.4 Å². The number of phenolic OH excluding ortho intramolecular Hbond substituents is 1. The van der Waals surface area contributed by atoms with E-state index >= 15 is 0 Å². The smallest absolute Gasteiger partial charge is 0.255 e. The maximum absolute atomic E-state index is 13.6. The number of carbonyl (C=O) groups excluding carboxylic acids is 3. The minimum Gasteiger partial charge on any atom is -0.508 e. The molecule has 4 rings (SSSR count). The van der Waals surface area contributed by atoms with Gasteiger partial charge in [-0.25, -0.2) is 0 Å². The van der Waals surface area contributed by atoms with Crippen LogP contribution < -0.4 is 5.73 Å². The predicted octanol–water partition coefficient (Wildman–Crippen LogP) is -0.594. The van der Waals surface area contributed by atoms with Gasteiger partial charge in [-0.15, -0.1) is 0 Å². The normalized spacial score (nSPS) is 32.1. The van der Waals surface area contributed by atoms with Crippen LogP contribution in [0.5, 0.6) is 5.75 Å². The number of aliphatic hydroxyl groups is 4. The molecule has 0 heterocycles. The van der Waals surface area contributed by atoms with E-state index in [2.05, 4.69) is 6.58 Å². The molecule has 1 amide bonds. The number of likely N-dealkylation sites (N-methyl/N-ethyl adjacent to an activating group) is 1. The topological polar surface area (TPSA) is 182 Å². The molecule has 10 nitrogen and oxygen atoms in total. The van der Waals surface area contributed by atoms with Crippen LogP contribution in [0, 0.1) is 11.8 Å². The molecule has 168 valence electrons. The van der Waals surface area contributed by atoms with Crippen LogP contribution in [0.1, 0.15) is 11.1 Å². The van der Waals surface area contributed by atoms with Crippen molar-refractivity contribution in [2.24, 2.45) is 17.6 Å². The van der Waals surface area contributed by atoms with Crippen LogP contribution in [0.3, 0.4) is 0 Å². The molecule has 0 radical (unpaired) electrons. The predicted molar refractivity (Wildman–Crippen MR) is 111 cm³/mol. The number of benzene rings is 1. The van der Waals surface area contributed by atoms with Gasteiger partial charge in [-0.2, -0.15) is 0 Å². The molecule has 1 aromatic rings. The van der Waals surface area contributed by atoms with E-state index in [9.17, 15) is 39.9 Å². The second kappa shape index (κ2) is 6.76. The molecule has 4 unspecified atom stereocenters. The Morgan fingerprint density at radius 1 is 1.19 bits per heavy atom. The number of rotatable bonds is 2. The van der Waals surface area contributed by atoms with E-state index in [1.165, 1.54) is 37.2 Å². The third kappa shape index (κ3) is 2.42. The first-order valence-electron chi connectivity index (χ1n) is 9.71. The summed E-state index contributed by atoms with van der Waals surface area (Å²) in [5, 5.41) is 54.7. The summed E-state index contributed by atoms with van der Waals surface area (Å²) in [6, 6.07) is 2.89. The number of hydrogen-bond donors (Lipinski definition) is 6. The number of carbonyl (C=O) groups is 3. The molecule has 0 aliphatic heterocycles. The molecule has 32 heavy (non-hydrogen) atoms. The number of ketones is 2. The third-order valence-corrected chi connectivity index (χ3v) is 6.61. The van der Waals surface area contributed by atoms with Crippen molar-refractivity contribution >= 4 is 28.8 Å². The molecule has 7 N–H and O–H groups in total. The van der Waals surface area contributed by atoms with Crippen molar-refractivity contribution in [3.63, 3.8) is 0 Å². The monoisotopic (exact) mass is 442 g/mol. The molecule has 1 aromatic carbocycles. The lowest BCUT2D eigenvalue weighted by atomic mass is 9.55. The highest BCUT2D eigenvalue weighted by atomic mass is 16.4. The number of aliphatic hydroxyl groups excluding tert-OH is 3. The highest BCUT2D eigenvalue weighted by Gasteiger charge is 2.68. The van der Waals surface area contributed by atoms with Gasteiger partial charge in [0.15, 0.2) is 11.4 Å². The molecule has 10 heteroatoms. The van der Waals surface area contributed by atoms with Crippen molar-refractivity contribution in [1.29, 1.82) is 0 Å². The lowest BCUT2D eigenvalue weighted by Gasteiger charge is -2.52. The van der Waals surface area contributed by atoms with Gasteiger partial charge in [0.05, 0.1) is 29.2 Å². The first-order valence-corrected chi connectivity index (χ1v) is 9.71. The fourth-order valence-corrected chi connectivity index (χ4v) is 5.21. The zero-order chi connectivity index (χ0) is 23.9. The summed E-state index contributed by atoms with van der Waals surface area (Å²) in [4.78, 5) is 39.8. The molecule has 0 aromatic heterocycles. The van der Waals surface area contributed by atoms with Gasteiger partial charge < -0.3 is 31.3 Å². The minimum absolute atomic E-state index is 0.124. The molecule has 0 bridgehead atoms. The number of hydrogen-bond acceptors (Lipinski definition) is 9. The van der Waals surface area contributed by atoms with Gasteiger partial charge in [0.2, 0.25) is 5.78 Å². The van der Waals surface area contributed by atoms with Gasteiger partial charge >= 0.3 is 0 Å². The average molecular weight is 442 g/mol. The fraction of sp³-hybridized carbons (Fsp3) is 0.318. The number of fused-ring (bicyclic) bond motifs is 3. The summed E-state index contributed by atoms with van der Waals surface area (Å²) in [6.45, 7) is 3.91. The number of nitrogens with two attached hydrogens (primary N) is 1. The van der Waals surface area contributed by atoms with E-state index in [4.69, 9.17) is 5.73 Å². The Kier molecular flexibility index (Phi) is 4.60. The van der Waals surface area contributed by atoms with Crippen molar-refractivity contribution in [2.75, 3.05) is 14.1 Å². The number of phenols is 1. The molecule has 0 saturated heterocycles. The summed E-state index contributed by atoms with van der Waals surface area (Å²) >= 11 is 0. The number of nitrogens with zero attached hydrogens (tertiary/aromatic N) is 1. The summed E-state index contributed by atoms with van der Waals surface area (Å²) in [5.41, 5.74) is 1.16. The van der Waals surface area contributed by atoms with Crippen LogP contribution in [0.4, 0.5) is 0 Å². The highest BCUT2D eigenvalue weighted by molar-refractivity contribution is 6.25. The lowest BCUT2D eigenvalue weighted by molar-refractivity contribution is -0.166. The van der Waals surface area contributed by atoms with Crippen LogP contribution in [0.25, 0.3) is 11.3 Å². The van der Waals surface area contributed by atoms with Gasteiger partial charge in [-0.1, -0.05) is 18.7 Å². The van der Waals surface area contributed by atoms with E-state index in [1.807, 2.05) is 0 Å². The number of Topliss-reactive ketones (excluding diaryl/α,β-unsaturated/α-hetero) is 2. The standard InChI is InChI=1S/C22H22N2O8/c1-7-8-5-4-6-9(25)11(8)16(26)12-10(7)17(27)14-15(24(2)3)18(28)13(21(23)31)20(30)22(14,32)19(12)29/h4-6,10,14-15,17,25-27,30,32H,1H2,2-3H3,(H2,23,31)/t10?,14?,15-,17?,22?/m0/s1. The van der Waals surface area contributed by atoms with Crippen molar-refractivity contribution in [2.45, 2.75) is 17.7 Å². The first-order chi connectivity index (χ1) is 14.9. The first kappa shape index (κ1) is 21.8. The van der Waals surface area contributed by atoms with Crippen molar-refractivity contribution in [1.82, 2.24) is 4.90 Å². The Morgan fingerprint density at radius 2 is 1.81 bits per heavy atom. The Morgan fingerprint density at radius 3 is 2.38 bits per heavy atom. The fourth-order valence-electron chi connectivity index (χ4n) is 5.21. The van der Waals surface area contributed by atoms with E-state index in [1.54, 1.807) is 0 Å². The largest absolute Gasteiger partial charge is 0.508 e. The highest BCUT2D eigenvalue weighted by Crippen LogP contribution is 2.55. The minimum atomic E-state index is -2.94. The van der Waals surface area contributed by atoms with E-state index < -0.39 is 69.7 Å². The Labute approximate surface area is 182 Å². The molecule has 1 fully saturated rings. The maximum atomic E-state index is 13.6. The van der Waals surface area contributed by atoms with Crippen LogP contribution in [0.15, 0.2) is 41.7 Å². The molecule has 3 aliphatic rings. The molecule has 3 aliphatic carbocycles.